The van der Waals surface area contributed by atoms with Crippen molar-refractivity contribution < 1.29 is 19.1 Å². The molecule has 2 fully saturated rings. The zero-order valence-electron chi connectivity index (χ0n) is 16.3. The van der Waals surface area contributed by atoms with Crippen LogP contribution < -0.4 is 10.6 Å². The molecule has 28 heavy (non-hydrogen) atoms. The maximum atomic E-state index is 12.5. The first-order chi connectivity index (χ1) is 13.6. The second-order valence-electron chi connectivity index (χ2n) is 7.32. The fourth-order valence-corrected chi connectivity index (χ4v) is 3.72. The molecule has 1 aromatic rings. The van der Waals surface area contributed by atoms with Crippen LogP contribution in [0.2, 0.25) is 0 Å². The van der Waals surface area contributed by atoms with Crippen molar-refractivity contribution in [3.63, 3.8) is 0 Å². The number of pyridine rings is 1. The van der Waals surface area contributed by atoms with Crippen LogP contribution in [0.15, 0.2) is 18.3 Å². The fourth-order valence-electron chi connectivity index (χ4n) is 3.72. The average Bonchev–Trinajstić information content (AvgIpc) is 3.22. The number of hydrogen-bond acceptors (Lipinski definition) is 5. The van der Waals surface area contributed by atoms with Gasteiger partial charge in [-0.25, -0.2) is 4.79 Å². The molecular formula is C20H28N4O4. The van der Waals surface area contributed by atoms with E-state index >= 15 is 0 Å². The van der Waals surface area contributed by atoms with Crippen LogP contribution >= 0.6 is 0 Å². The van der Waals surface area contributed by atoms with Gasteiger partial charge in [-0.15, -0.1) is 0 Å². The molecule has 0 aromatic carbocycles. The normalized spacial score (nSPS) is 18.0. The van der Waals surface area contributed by atoms with Gasteiger partial charge in [-0.2, -0.15) is 0 Å². The number of ether oxygens (including phenoxy) is 1. The van der Waals surface area contributed by atoms with Gasteiger partial charge in [0.2, 0.25) is 0 Å². The van der Waals surface area contributed by atoms with Crippen LogP contribution in [0, 0.1) is 0 Å². The minimum atomic E-state index is -0.310. The van der Waals surface area contributed by atoms with Crippen LogP contribution in [0.3, 0.4) is 0 Å². The van der Waals surface area contributed by atoms with E-state index in [1.165, 1.54) is 12.3 Å². The summed E-state index contributed by atoms with van der Waals surface area (Å²) in [6.45, 7) is 3.22. The van der Waals surface area contributed by atoms with Gasteiger partial charge in [0.15, 0.2) is 0 Å². The highest BCUT2D eigenvalue weighted by molar-refractivity contribution is 5.98. The quantitative estimate of drug-likeness (QED) is 0.805. The van der Waals surface area contributed by atoms with Crippen molar-refractivity contribution >= 4 is 17.9 Å². The van der Waals surface area contributed by atoms with Crippen LogP contribution in [0.1, 0.15) is 66.3 Å². The number of carbonyl (C=O) groups is 3. The lowest BCUT2D eigenvalue weighted by Gasteiger charge is -2.31. The summed E-state index contributed by atoms with van der Waals surface area (Å²) >= 11 is 0. The van der Waals surface area contributed by atoms with E-state index in [0.29, 0.717) is 38.1 Å². The molecule has 0 radical (unpaired) electrons. The molecule has 3 amide bonds. The van der Waals surface area contributed by atoms with Gasteiger partial charge in [0.25, 0.3) is 11.8 Å². The number of piperidine rings is 1. The fraction of sp³-hybridized carbons (Fsp3) is 0.600. The largest absolute Gasteiger partial charge is 0.450 e. The molecule has 0 atom stereocenters. The molecule has 0 spiro atoms. The predicted molar refractivity (Wildman–Crippen MR) is 103 cm³/mol. The first-order valence-corrected chi connectivity index (χ1v) is 10.1. The lowest BCUT2D eigenvalue weighted by atomic mass is 10.1. The zero-order valence-corrected chi connectivity index (χ0v) is 16.3. The van der Waals surface area contributed by atoms with Gasteiger partial charge in [0.05, 0.1) is 6.61 Å². The molecule has 1 saturated carbocycles. The first kappa shape index (κ1) is 20.1. The number of aromatic nitrogens is 1. The standard InChI is InChI=1S/C20H28N4O4/c1-2-28-20(27)24-11-8-16(9-12-24)23-19(26)17-13-14(7-10-21-17)18(25)22-15-5-3-4-6-15/h7,10,13,15-16H,2-6,8-9,11-12H2,1H3,(H,22,25)(H,23,26). The molecule has 1 aromatic heterocycles. The van der Waals surface area contributed by atoms with Crippen molar-refractivity contribution in [2.75, 3.05) is 19.7 Å². The lowest BCUT2D eigenvalue weighted by molar-refractivity contribution is 0.0856. The molecule has 0 unspecified atom stereocenters. The highest BCUT2D eigenvalue weighted by Gasteiger charge is 2.25. The minimum absolute atomic E-state index is 0.0315. The summed E-state index contributed by atoms with van der Waals surface area (Å²) in [5, 5.41) is 5.97. The molecule has 1 saturated heterocycles. The van der Waals surface area contributed by atoms with Crippen LogP contribution in [-0.2, 0) is 4.74 Å². The molecule has 1 aliphatic heterocycles. The molecule has 8 heteroatoms. The smallest absolute Gasteiger partial charge is 0.409 e. The van der Waals surface area contributed by atoms with Gasteiger partial charge in [-0.3, -0.25) is 14.6 Å². The second-order valence-corrected chi connectivity index (χ2v) is 7.32. The number of nitrogens with one attached hydrogen (secondary N) is 2. The number of rotatable bonds is 5. The van der Waals surface area contributed by atoms with E-state index in [9.17, 15) is 14.4 Å². The molecule has 2 N–H and O–H groups in total. The first-order valence-electron chi connectivity index (χ1n) is 10.1. The van der Waals surface area contributed by atoms with Crippen LogP contribution in [-0.4, -0.2) is 59.6 Å². The van der Waals surface area contributed by atoms with E-state index in [4.69, 9.17) is 4.74 Å². The van der Waals surface area contributed by atoms with E-state index in [2.05, 4.69) is 15.6 Å². The Morgan fingerprint density at radius 3 is 2.39 bits per heavy atom. The van der Waals surface area contributed by atoms with Gasteiger partial charge in [-0.1, -0.05) is 12.8 Å². The van der Waals surface area contributed by atoms with Crippen LogP contribution in [0.4, 0.5) is 4.79 Å². The summed E-state index contributed by atoms with van der Waals surface area (Å²) in [7, 11) is 0. The molecule has 3 rings (SSSR count). The predicted octanol–water partition coefficient (Wildman–Crippen LogP) is 2.10. The van der Waals surface area contributed by atoms with Crippen molar-refractivity contribution in [3.05, 3.63) is 29.6 Å². The maximum absolute atomic E-state index is 12.5. The second kappa shape index (κ2) is 9.52. The number of hydrogen-bond donors (Lipinski definition) is 2. The number of carbonyl (C=O) groups excluding carboxylic acids is 3. The summed E-state index contributed by atoms with van der Waals surface area (Å²) in [5.41, 5.74) is 0.677. The van der Waals surface area contributed by atoms with Gasteiger partial charge < -0.3 is 20.3 Å². The van der Waals surface area contributed by atoms with Crippen molar-refractivity contribution in [3.8, 4) is 0 Å². The van der Waals surface area contributed by atoms with Gasteiger partial charge in [0, 0.05) is 36.9 Å². The molecule has 152 valence electrons. The van der Waals surface area contributed by atoms with Gasteiger partial charge in [0.1, 0.15) is 5.69 Å². The van der Waals surface area contributed by atoms with E-state index in [1.807, 2.05) is 0 Å². The van der Waals surface area contributed by atoms with Crippen molar-refractivity contribution in [2.24, 2.45) is 0 Å². The van der Waals surface area contributed by atoms with E-state index in [0.717, 1.165) is 25.7 Å². The number of amides is 3. The Morgan fingerprint density at radius 1 is 1.07 bits per heavy atom. The number of nitrogens with zero attached hydrogens (tertiary/aromatic N) is 2. The van der Waals surface area contributed by atoms with Crippen LogP contribution in [0.25, 0.3) is 0 Å². The Morgan fingerprint density at radius 2 is 1.71 bits per heavy atom. The minimum Gasteiger partial charge on any atom is -0.450 e. The summed E-state index contributed by atoms with van der Waals surface area (Å²) in [6, 6.07) is 3.35. The zero-order chi connectivity index (χ0) is 19.9. The van der Waals surface area contributed by atoms with E-state index < -0.39 is 0 Å². The number of likely N-dealkylation sites (tertiary alicyclic amines) is 1. The lowest BCUT2D eigenvalue weighted by Crippen LogP contribution is -2.46. The topological polar surface area (TPSA) is 101 Å². The molecule has 2 aliphatic rings. The van der Waals surface area contributed by atoms with E-state index in [1.54, 1.807) is 17.9 Å². The monoisotopic (exact) mass is 388 g/mol. The molecule has 8 nitrogen and oxygen atoms in total. The summed E-state index contributed by atoms with van der Waals surface area (Å²) in [6.07, 6.45) is 6.80. The van der Waals surface area contributed by atoms with Crippen LogP contribution in [0.5, 0.6) is 0 Å². The molecule has 2 heterocycles. The molecule has 0 bridgehead atoms. The SMILES string of the molecule is CCOC(=O)N1CCC(NC(=O)c2cc(C(=O)NC3CCCC3)ccn2)CC1. The third kappa shape index (κ3) is 5.21. The summed E-state index contributed by atoms with van der Waals surface area (Å²) in [5.74, 6) is -0.462. The van der Waals surface area contributed by atoms with E-state index in [-0.39, 0.29) is 35.7 Å². The Hall–Kier alpha value is -2.64. The average molecular weight is 388 g/mol. The summed E-state index contributed by atoms with van der Waals surface area (Å²) < 4.78 is 5.00. The Kier molecular flexibility index (Phi) is 6.84. The van der Waals surface area contributed by atoms with Gasteiger partial charge in [-0.05, 0) is 44.7 Å². The third-order valence-electron chi connectivity index (χ3n) is 5.30. The van der Waals surface area contributed by atoms with Crippen molar-refractivity contribution in [1.82, 2.24) is 20.5 Å². The highest BCUT2D eigenvalue weighted by Crippen LogP contribution is 2.18. The Labute approximate surface area is 165 Å². The third-order valence-corrected chi connectivity index (χ3v) is 5.30. The molecular weight excluding hydrogens is 360 g/mol. The molecule has 1 aliphatic carbocycles. The summed E-state index contributed by atoms with van der Waals surface area (Å²) in [4.78, 5) is 42.4. The Balaban J connectivity index is 1.52. The van der Waals surface area contributed by atoms with Crippen molar-refractivity contribution in [2.45, 2.75) is 57.5 Å². The van der Waals surface area contributed by atoms with Crippen molar-refractivity contribution in [1.29, 1.82) is 0 Å². The van der Waals surface area contributed by atoms with Gasteiger partial charge >= 0.3 is 6.09 Å². The maximum Gasteiger partial charge on any atom is 0.409 e. The highest BCUT2D eigenvalue weighted by atomic mass is 16.6. The Bertz CT molecular complexity index is 710.